The van der Waals surface area contributed by atoms with Crippen molar-refractivity contribution in [1.29, 1.82) is 0 Å². The SMILES string of the molecule is Cc1ccc(N2C[C@H](C(=O)OCC(=O)NCC(C)C)CC2=O)cc1. The van der Waals surface area contributed by atoms with Crippen molar-refractivity contribution < 1.29 is 19.1 Å². The summed E-state index contributed by atoms with van der Waals surface area (Å²) in [5.41, 5.74) is 1.88. The lowest BCUT2D eigenvalue weighted by molar-refractivity contribution is -0.152. The lowest BCUT2D eigenvalue weighted by Crippen LogP contribution is -2.33. The number of nitrogens with zero attached hydrogens (tertiary/aromatic N) is 1. The highest BCUT2D eigenvalue weighted by Gasteiger charge is 2.36. The third-order valence-corrected chi connectivity index (χ3v) is 3.86. The molecule has 6 nitrogen and oxygen atoms in total. The maximum atomic E-state index is 12.1. The molecule has 1 aromatic rings. The minimum absolute atomic E-state index is 0.106. The standard InChI is InChI=1S/C18H24N2O4/c1-12(2)9-19-16(21)11-24-18(23)14-8-17(22)20(10-14)15-6-4-13(3)5-7-15/h4-7,12,14H,8-11H2,1-3H3,(H,19,21)/t14-/m1/s1. The van der Waals surface area contributed by atoms with Crippen LogP contribution in [0.4, 0.5) is 5.69 Å². The summed E-state index contributed by atoms with van der Waals surface area (Å²) in [5, 5.41) is 2.68. The van der Waals surface area contributed by atoms with Crippen LogP contribution in [0.2, 0.25) is 0 Å². The second-order valence-corrected chi connectivity index (χ2v) is 6.55. The van der Waals surface area contributed by atoms with Gasteiger partial charge in [-0.3, -0.25) is 14.4 Å². The number of benzene rings is 1. The molecule has 1 aliphatic heterocycles. The molecule has 0 aliphatic carbocycles. The average Bonchev–Trinajstić information content (AvgIpc) is 2.93. The fourth-order valence-corrected chi connectivity index (χ4v) is 2.46. The number of esters is 1. The number of carbonyl (C=O) groups excluding carboxylic acids is 3. The summed E-state index contributed by atoms with van der Waals surface area (Å²) in [6.45, 7) is 6.46. The predicted octanol–water partition coefficient (Wildman–Crippen LogP) is 1.66. The van der Waals surface area contributed by atoms with E-state index in [4.69, 9.17) is 4.74 Å². The van der Waals surface area contributed by atoms with Gasteiger partial charge in [-0.25, -0.2) is 0 Å². The molecule has 1 aliphatic rings. The number of anilines is 1. The van der Waals surface area contributed by atoms with Crippen LogP contribution >= 0.6 is 0 Å². The van der Waals surface area contributed by atoms with Gasteiger partial charge < -0.3 is 15.0 Å². The Labute approximate surface area is 142 Å². The van der Waals surface area contributed by atoms with Gasteiger partial charge in [-0.05, 0) is 25.0 Å². The van der Waals surface area contributed by atoms with E-state index in [0.717, 1.165) is 11.3 Å². The lowest BCUT2D eigenvalue weighted by atomic mass is 10.1. The fourth-order valence-electron chi connectivity index (χ4n) is 2.46. The Morgan fingerprint density at radius 3 is 2.58 bits per heavy atom. The summed E-state index contributed by atoms with van der Waals surface area (Å²) >= 11 is 0. The summed E-state index contributed by atoms with van der Waals surface area (Å²) < 4.78 is 5.04. The molecule has 0 spiro atoms. The molecule has 0 radical (unpaired) electrons. The molecule has 1 atom stereocenters. The normalized spacial score (nSPS) is 17.2. The first-order valence-electron chi connectivity index (χ1n) is 8.17. The van der Waals surface area contributed by atoms with Gasteiger partial charge in [-0.15, -0.1) is 0 Å². The minimum Gasteiger partial charge on any atom is -0.455 e. The second kappa shape index (κ2) is 7.95. The first kappa shape index (κ1) is 18.0. The molecule has 2 rings (SSSR count). The van der Waals surface area contributed by atoms with E-state index >= 15 is 0 Å². The van der Waals surface area contributed by atoms with E-state index in [1.165, 1.54) is 0 Å². The molecule has 1 N–H and O–H groups in total. The Morgan fingerprint density at radius 2 is 1.96 bits per heavy atom. The lowest BCUT2D eigenvalue weighted by Gasteiger charge is -2.16. The summed E-state index contributed by atoms with van der Waals surface area (Å²) in [5.74, 6) is -1.13. The first-order chi connectivity index (χ1) is 11.4. The zero-order valence-corrected chi connectivity index (χ0v) is 14.4. The van der Waals surface area contributed by atoms with E-state index < -0.39 is 11.9 Å². The number of nitrogens with one attached hydrogen (secondary N) is 1. The quantitative estimate of drug-likeness (QED) is 0.804. The number of rotatable bonds is 6. The minimum atomic E-state index is -0.531. The summed E-state index contributed by atoms with van der Waals surface area (Å²) in [6, 6.07) is 7.57. The number of hydrogen-bond donors (Lipinski definition) is 1. The average molecular weight is 332 g/mol. The molecule has 0 unspecified atom stereocenters. The van der Waals surface area contributed by atoms with Crippen LogP contribution in [0.3, 0.4) is 0 Å². The van der Waals surface area contributed by atoms with E-state index in [9.17, 15) is 14.4 Å². The van der Waals surface area contributed by atoms with Gasteiger partial charge >= 0.3 is 5.97 Å². The van der Waals surface area contributed by atoms with Gasteiger partial charge in [0.1, 0.15) is 0 Å². The van der Waals surface area contributed by atoms with Gasteiger partial charge in [-0.1, -0.05) is 31.5 Å². The Kier molecular flexibility index (Phi) is 5.95. The number of aryl methyl sites for hydroxylation is 1. The molecule has 1 heterocycles. The van der Waals surface area contributed by atoms with Crippen LogP contribution < -0.4 is 10.2 Å². The van der Waals surface area contributed by atoms with Crippen LogP contribution in [-0.4, -0.2) is 37.5 Å². The smallest absolute Gasteiger partial charge is 0.311 e. The van der Waals surface area contributed by atoms with Crippen molar-refractivity contribution in [3.63, 3.8) is 0 Å². The number of carbonyl (C=O) groups is 3. The molecule has 0 bridgehead atoms. The highest BCUT2D eigenvalue weighted by molar-refractivity contribution is 5.99. The van der Waals surface area contributed by atoms with E-state index in [1.807, 2.05) is 45.0 Å². The molecule has 130 valence electrons. The van der Waals surface area contributed by atoms with Crippen LogP contribution in [0, 0.1) is 18.8 Å². The maximum Gasteiger partial charge on any atom is 0.311 e. The summed E-state index contributed by atoms with van der Waals surface area (Å²) in [4.78, 5) is 37.4. The van der Waals surface area contributed by atoms with Crippen molar-refractivity contribution in [3.05, 3.63) is 29.8 Å². The van der Waals surface area contributed by atoms with Crippen molar-refractivity contribution in [2.24, 2.45) is 11.8 Å². The second-order valence-electron chi connectivity index (χ2n) is 6.55. The summed E-state index contributed by atoms with van der Waals surface area (Å²) in [7, 11) is 0. The first-order valence-corrected chi connectivity index (χ1v) is 8.17. The highest BCUT2D eigenvalue weighted by Crippen LogP contribution is 2.26. The van der Waals surface area contributed by atoms with Crippen molar-refractivity contribution in [3.8, 4) is 0 Å². The molecule has 24 heavy (non-hydrogen) atoms. The Bertz CT molecular complexity index is 610. The number of hydrogen-bond acceptors (Lipinski definition) is 4. The van der Waals surface area contributed by atoms with Crippen LogP contribution in [0.25, 0.3) is 0 Å². The largest absolute Gasteiger partial charge is 0.455 e. The van der Waals surface area contributed by atoms with Gasteiger partial charge in [0.2, 0.25) is 5.91 Å². The van der Waals surface area contributed by atoms with Crippen molar-refractivity contribution >= 4 is 23.5 Å². The maximum absolute atomic E-state index is 12.1. The Hall–Kier alpha value is -2.37. The Balaban J connectivity index is 1.85. The van der Waals surface area contributed by atoms with Gasteiger partial charge in [0, 0.05) is 25.2 Å². The molecule has 6 heteroatoms. The van der Waals surface area contributed by atoms with Gasteiger partial charge in [-0.2, -0.15) is 0 Å². The molecular weight excluding hydrogens is 308 g/mol. The van der Waals surface area contributed by atoms with Crippen molar-refractivity contribution in [1.82, 2.24) is 5.32 Å². The van der Waals surface area contributed by atoms with Crippen LogP contribution in [-0.2, 0) is 19.1 Å². The van der Waals surface area contributed by atoms with Gasteiger partial charge in [0.15, 0.2) is 6.61 Å². The number of ether oxygens (including phenoxy) is 1. The van der Waals surface area contributed by atoms with Gasteiger partial charge in [0.05, 0.1) is 5.92 Å². The summed E-state index contributed by atoms with van der Waals surface area (Å²) in [6.07, 6.45) is 0.111. The molecule has 1 saturated heterocycles. The van der Waals surface area contributed by atoms with Gasteiger partial charge in [0.25, 0.3) is 5.91 Å². The highest BCUT2D eigenvalue weighted by atomic mass is 16.5. The van der Waals surface area contributed by atoms with Crippen molar-refractivity contribution in [2.75, 3.05) is 24.6 Å². The molecular formula is C18H24N2O4. The fraction of sp³-hybridized carbons (Fsp3) is 0.500. The van der Waals surface area contributed by atoms with E-state index in [2.05, 4.69) is 5.32 Å². The van der Waals surface area contributed by atoms with E-state index in [0.29, 0.717) is 12.5 Å². The third kappa shape index (κ3) is 4.81. The molecule has 0 saturated carbocycles. The number of amides is 2. The van der Waals surface area contributed by atoms with E-state index in [-0.39, 0.29) is 31.4 Å². The van der Waals surface area contributed by atoms with E-state index in [1.54, 1.807) is 4.90 Å². The molecule has 1 aromatic carbocycles. The van der Waals surface area contributed by atoms with Crippen molar-refractivity contribution in [2.45, 2.75) is 27.2 Å². The van der Waals surface area contributed by atoms with Crippen LogP contribution in [0.1, 0.15) is 25.8 Å². The molecule has 0 aromatic heterocycles. The van der Waals surface area contributed by atoms with Crippen LogP contribution in [0.15, 0.2) is 24.3 Å². The zero-order chi connectivity index (χ0) is 17.7. The topological polar surface area (TPSA) is 75.7 Å². The molecule has 1 fully saturated rings. The molecule has 2 amide bonds. The predicted molar refractivity (Wildman–Crippen MR) is 90.4 cm³/mol. The van der Waals surface area contributed by atoms with Crippen LogP contribution in [0.5, 0.6) is 0 Å². The zero-order valence-electron chi connectivity index (χ0n) is 14.4. The third-order valence-electron chi connectivity index (χ3n) is 3.86. The monoisotopic (exact) mass is 332 g/mol. The Morgan fingerprint density at radius 1 is 1.29 bits per heavy atom.